The number of carbonyl (C=O) groups excluding carboxylic acids is 1. The van der Waals surface area contributed by atoms with Crippen molar-refractivity contribution in [1.82, 2.24) is 5.32 Å². The van der Waals surface area contributed by atoms with Gasteiger partial charge >= 0.3 is 5.97 Å². The van der Waals surface area contributed by atoms with Gasteiger partial charge < -0.3 is 15.2 Å². The summed E-state index contributed by atoms with van der Waals surface area (Å²) in [6.07, 6.45) is 2.90. The van der Waals surface area contributed by atoms with E-state index in [1.54, 1.807) is 24.3 Å². The van der Waals surface area contributed by atoms with Crippen LogP contribution in [0.4, 0.5) is 0 Å². The number of hydrogen-bond acceptors (Lipinski definition) is 5. The van der Waals surface area contributed by atoms with E-state index < -0.39 is 27.8 Å². The fourth-order valence-corrected chi connectivity index (χ4v) is 4.10. The Balaban J connectivity index is 1.84. The topological polar surface area (TPSA) is 110 Å². The molecule has 1 aliphatic carbocycles. The fraction of sp³-hybridized carbons (Fsp3) is 0.500. The molecule has 2 rings (SSSR count). The summed E-state index contributed by atoms with van der Waals surface area (Å²) in [6.45, 7) is -0.151. The van der Waals surface area contributed by atoms with Crippen LogP contribution >= 0.6 is 0 Å². The van der Waals surface area contributed by atoms with E-state index in [0.717, 1.165) is 18.4 Å². The van der Waals surface area contributed by atoms with Crippen LogP contribution < -0.4 is 10.1 Å². The van der Waals surface area contributed by atoms with E-state index in [4.69, 9.17) is 9.84 Å². The van der Waals surface area contributed by atoms with Crippen molar-refractivity contribution in [2.75, 3.05) is 18.6 Å². The summed E-state index contributed by atoms with van der Waals surface area (Å²) in [7, 11) is -3.10. The van der Waals surface area contributed by atoms with Crippen molar-refractivity contribution >= 4 is 21.7 Å². The van der Waals surface area contributed by atoms with Gasteiger partial charge in [-0.2, -0.15) is 0 Å². The van der Waals surface area contributed by atoms with Gasteiger partial charge in [-0.05, 0) is 36.0 Å². The minimum absolute atomic E-state index is 0.0476. The molecule has 1 aromatic carbocycles. The molecule has 1 fully saturated rings. The van der Waals surface area contributed by atoms with Gasteiger partial charge in [-0.1, -0.05) is 12.1 Å². The number of benzene rings is 1. The number of aliphatic carboxylic acids is 1. The molecular weight excluding hydrogens is 334 g/mol. The third-order valence-electron chi connectivity index (χ3n) is 3.81. The predicted octanol–water partition coefficient (Wildman–Crippen LogP) is 0.981. The van der Waals surface area contributed by atoms with Gasteiger partial charge in [0.1, 0.15) is 15.6 Å². The van der Waals surface area contributed by atoms with Crippen molar-refractivity contribution in [3.05, 3.63) is 29.8 Å². The normalized spacial score (nSPS) is 15.5. The SMILES string of the molecule is CS(=O)(=O)CC1(CC(=O)NCc2cccc(OCC(=O)O)c2)CC1. The molecule has 0 bridgehead atoms. The first kappa shape index (κ1) is 18.3. The molecule has 1 aliphatic rings. The molecule has 0 saturated heterocycles. The van der Waals surface area contributed by atoms with Crippen molar-refractivity contribution in [3.8, 4) is 5.75 Å². The maximum Gasteiger partial charge on any atom is 0.341 e. The van der Waals surface area contributed by atoms with E-state index in [9.17, 15) is 18.0 Å². The minimum atomic E-state index is -3.10. The summed E-state index contributed by atoms with van der Waals surface area (Å²) < 4.78 is 27.9. The van der Waals surface area contributed by atoms with Gasteiger partial charge in [0.25, 0.3) is 0 Å². The Morgan fingerprint density at radius 3 is 2.62 bits per heavy atom. The Morgan fingerprint density at radius 1 is 1.33 bits per heavy atom. The molecule has 7 nitrogen and oxygen atoms in total. The molecule has 1 amide bonds. The minimum Gasteiger partial charge on any atom is -0.482 e. The summed E-state index contributed by atoms with van der Waals surface area (Å²) in [6, 6.07) is 6.80. The number of carboxylic acid groups (broad SMARTS) is 1. The van der Waals surface area contributed by atoms with Gasteiger partial charge in [-0.15, -0.1) is 0 Å². The van der Waals surface area contributed by atoms with Crippen LogP contribution in [-0.2, 0) is 26.0 Å². The highest BCUT2D eigenvalue weighted by atomic mass is 32.2. The zero-order valence-corrected chi connectivity index (χ0v) is 14.3. The Labute approximate surface area is 140 Å². The smallest absolute Gasteiger partial charge is 0.341 e. The molecule has 1 saturated carbocycles. The highest BCUT2D eigenvalue weighted by Gasteiger charge is 2.46. The maximum atomic E-state index is 12.0. The number of carboxylic acids is 1. The van der Waals surface area contributed by atoms with Gasteiger partial charge in [-0.3, -0.25) is 4.79 Å². The van der Waals surface area contributed by atoms with E-state index in [2.05, 4.69) is 5.32 Å². The molecule has 2 N–H and O–H groups in total. The van der Waals surface area contributed by atoms with Gasteiger partial charge in [0, 0.05) is 19.2 Å². The second-order valence-electron chi connectivity index (χ2n) is 6.35. The van der Waals surface area contributed by atoms with Crippen LogP contribution in [0.2, 0.25) is 0 Å². The van der Waals surface area contributed by atoms with Crippen molar-refractivity contribution in [3.63, 3.8) is 0 Å². The number of hydrogen-bond donors (Lipinski definition) is 2. The number of amides is 1. The highest BCUT2D eigenvalue weighted by Crippen LogP contribution is 2.49. The molecule has 8 heteroatoms. The average molecular weight is 355 g/mol. The largest absolute Gasteiger partial charge is 0.482 e. The predicted molar refractivity (Wildman–Crippen MR) is 87.4 cm³/mol. The van der Waals surface area contributed by atoms with E-state index in [0.29, 0.717) is 5.75 Å². The third-order valence-corrected chi connectivity index (χ3v) is 4.95. The Hall–Kier alpha value is -2.09. The number of nitrogens with one attached hydrogen (secondary N) is 1. The van der Waals surface area contributed by atoms with E-state index in [-0.39, 0.29) is 24.6 Å². The summed E-state index contributed by atoms with van der Waals surface area (Å²) in [5, 5.41) is 11.4. The molecule has 1 aromatic rings. The van der Waals surface area contributed by atoms with Crippen LogP contribution in [0, 0.1) is 5.41 Å². The number of carbonyl (C=O) groups is 2. The standard InChI is InChI=1S/C16H21NO6S/c1-24(21,22)11-16(5-6-16)8-14(18)17-9-12-3-2-4-13(7-12)23-10-15(19)20/h2-4,7H,5-6,8-11H2,1H3,(H,17,18)(H,19,20). The van der Waals surface area contributed by atoms with Crippen LogP contribution in [0.3, 0.4) is 0 Å². The van der Waals surface area contributed by atoms with Crippen molar-refractivity contribution in [1.29, 1.82) is 0 Å². The van der Waals surface area contributed by atoms with E-state index in [1.807, 2.05) is 0 Å². The monoisotopic (exact) mass is 355 g/mol. The Kier molecular flexibility index (Phi) is 5.48. The van der Waals surface area contributed by atoms with Crippen molar-refractivity contribution in [2.24, 2.45) is 5.41 Å². The molecular formula is C16H21NO6S. The summed E-state index contributed by atoms with van der Waals surface area (Å²) in [5.74, 6) is -0.784. The third kappa shape index (κ3) is 6.19. The van der Waals surface area contributed by atoms with Crippen LogP contribution in [-0.4, -0.2) is 44.0 Å². The molecule has 0 spiro atoms. The first-order valence-electron chi connectivity index (χ1n) is 7.55. The zero-order valence-electron chi connectivity index (χ0n) is 13.4. The molecule has 0 atom stereocenters. The average Bonchev–Trinajstić information content (AvgIpc) is 3.20. The Bertz CT molecular complexity index is 724. The van der Waals surface area contributed by atoms with Crippen LogP contribution in [0.1, 0.15) is 24.8 Å². The lowest BCUT2D eigenvalue weighted by Gasteiger charge is -2.14. The van der Waals surface area contributed by atoms with Gasteiger partial charge in [0.2, 0.25) is 5.91 Å². The first-order chi connectivity index (χ1) is 11.2. The lowest BCUT2D eigenvalue weighted by Crippen LogP contribution is -2.28. The summed E-state index contributed by atoms with van der Waals surface area (Å²) in [5.41, 5.74) is 0.378. The summed E-state index contributed by atoms with van der Waals surface area (Å²) >= 11 is 0. The molecule has 0 unspecified atom stereocenters. The van der Waals surface area contributed by atoms with Crippen molar-refractivity contribution < 1.29 is 27.9 Å². The number of ether oxygens (including phenoxy) is 1. The highest BCUT2D eigenvalue weighted by molar-refractivity contribution is 7.90. The summed E-state index contributed by atoms with van der Waals surface area (Å²) in [4.78, 5) is 22.5. The fourth-order valence-electron chi connectivity index (χ4n) is 2.60. The molecule has 132 valence electrons. The van der Waals surface area contributed by atoms with Crippen LogP contribution in [0.15, 0.2) is 24.3 Å². The van der Waals surface area contributed by atoms with Crippen LogP contribution in [0.5, 0.6) is 5.75 Å². The first-order valence-corrected chi connectivity index (χ1v) is 9.62. The molecule has 0 radical (unpaired) electrons. The lowest BCUT2D eigenvalue weighted by atomic mass is 10.1. The van der Waals surface area contributed by atoms with E-state index in [1.165, 1.54) is 6.26 Å². The number of sulfone groups is 1. The van der Waals surface area contributed by atoms with Gasteiger partial charge in [-0.25, -0.2) is 13.2 Å². The van der Waals surface area contributed by atoms with Crippen molar-refractivity contribution in [2.45, 2.75) is 25.8 Å². The molecule has 0 aliphatic heterocycles. The second-order valence-corrected chi connectivity index (χ2v) is 8.49. The van der Waals surface area contributed by atoms with Crippen LogP contribution in [0.25, 0.3) is 0 Å². The molecule has 0 heterocycles. The van der Waals surface area contributed by atoms with E-state index >= 15 is 0 Å². The Morgan fingerprint density at radius 2 is 2.04 bits per heavy atom. The van der Waals surface area contributed by atoms with Gasteiger partial charge in [0.05, 0.1) is 5.75 Å². The quantitative estimate of drug-likeness (QED) is 0.683. The zero-order chi connectivity index (χ0) is 17.8. The molecule has 0 aromatic heterocycles. The second kappa shape index (κ2) is 7.21. The molecule has 24 heavy (non-hydrogen) atoms. The van der Waals surface area contributed by atoms with Gasteiger partial charge in [0.15, 0.2) is 6.61 Å². The number of rotatable bonds is 9. The lowest BCUT2D eigenvalue weighted by molar-refractivity contribution is -0.139. The maximum absolute atomic E-state index is 12.0.